The van der Waals surface area contributed by atoms with Crippen molar-refractivity contribution in [2.24, 2.45) is 0 Å². The Hall–Kier alpha value is -1.00. The minimum absolute atomic E-state index is 0.107. The van der Waals surface area contributed by atoms with Crippen LogP contribution in [-0.2, 0) is 4.74 Å². The van der Waals surface area contributed by atoms with Gasteiger partial charge in [-0.15, -0.1) is 0 Å². The van der Waals surface area contributed by atoms with Crippen molar-refractivity contribution in [1.29, 1.82) is 0 Å². The predicted molar refractivity (Wildman–Crippen MR) is 71.8 cm³/mol. The topological polar surface area (TPSA) is 47.0 Å². The molecule has 1 fully saturated rings. The van der Waals surface area contributed by atoms with Gasteiger partial charge in [-0.2, -0.15) is 0 Å². The van der Waals surface area contributed by atoms with Crippen molar-refractivity contribution in [1.82, 2.24) is 15.3 Å². The maximum Gasteiger partial charge on any atom is 0.157 e. The van der Waals surface area contributed by atoms with Crippen LogP contribution in [-0.4, -0.2) is 30.2 Å². The summed E-state index contributed by atoms with van der Waals surface area (Å²) in [5, 5.41) is 3.21. The van der Waals surface area contributed by atoms with E-state index in [-0.39, 0.29) is 6.10 Å². The smallest absolute Gasteiger partial charge is 0.157 e. The Morgan fingerprint density at radius 3 is 2.50 bits per heavy atom. The molecule has 2 heterocycles. The summed E-state index contributed by atoms with van der Waals surface area (Å²) >= 11 is 0. The zero-order valence-electron chi connectivity index (χ0n) is 11.8. The van der Waals surface area contributed by atoms with Crippen LogP contribution in [0.3, 0.4) is 0 Å². The Balaban J connectivity index is 2.28. The Morgan fingerprint density at radius 2 is 2.00 bits per heavy atom. The maximum atomic E-state index is 5.66. The van der Waals surface area contributed by atoms with E-state index in [1.807, 2.05) is 7.05 Å². The van der Waals surface area contributed by atoms with Gasteiger partial charge in [0.05, 0.1) is 0 Å². The SMILES string of the molecule is CNCC(C)c1c(C)nc(C2CCCO2)nc1C. The molecule has 0 radical (unpaired) electrons. The minimum Gasteiger partial charge on any atom is -0.370 e. The van der Waals surface area contributed by atoms with Gasteiger partial charge in [0.1, 0.15) is 6.10 Å². The second-order valence-electron chi connectivity index (χ2n) is 5.13. The van der Waals surface area contributed by atoms with E-state index in [1.54, 1.807) is 0 Å². The molecule has 1 aromatic heterocycles. The molecule has 2 atom stereocenters. The average molecular weight is 249 g/mol. The first-order valence-corrected chi connectivity index (χ1v) is 6.74. The Kier molecular flexibility index (Phi) is 4.30. The molecule has 4 nitrogen and oxygen atoms in total. The molecule has 0 aliphatic carbocycles. The highest BCUT2D eigenvalue weighted by Crippen LogP contribution is 2.28. The summed E-state index contributed by atoms with van der Waals surface area (Å²) in [6, 6.07) is 0. The standard InChI is InChI=1S/C14H23N3O/c1-9(8-15-4)13-10(2)16-14(17-11(13)3)12-6-5-7-18-12/h9,12,15H,5-8H2,1-4H3. The van der Waals surface area contributed by atoms with E-state index < -0.39 is 0 Å². The highest BCUT2D eigenvalue weighted by Gasteiger charge is 2.23. The van der Waals surface area contributed by atoms with E-state index >= 15 is 0 Å². The van der Waals surface area contributed by atoms with Gasteiger partial charge in [-0.25, -0.2) is 9.97 Å². The highest BCUT2D eigenvalue weighted by atomic mass is 16.5. The summed E-state index contributed by atoms with van der Waals surface area (Å²) in [5.74, 6) is 1.30. The number of nitrogens with one attached hydrogen (secondary N) is 1. The molecule has 0 aromatic carbocycles. The van der Waals surface area contributed by atoms with E-state index in [0.29, 0.717) is 5.92 Å². The second kappa shape index (κ2) is 5.76. The van der Waals surface area contributed by atoms with Gasteiger partial charge < -0.3 is 10.1 Å². The monoisotopic (exact) mass is 249 g/mol. The third-order valence-electron chi connectivity index (χ3n) is 3.56. The van der Waals surface area contributed by atoms with Crippen LogP contribution in [0.15, 0.2) is 0 Å². The van der Waals surface area contributed by atoms with Gasteiger partial charge in [-0.1, -0.05) is 6.92 Å². The van der Waals surface area contributed by atoms with E-state index in [2.05, 4.69) is 36.1 Å². The van der Waals surface area contributed by atoms with Crippen molar-refractivity contribution in [2.75, 3.05) is 20.2 Å². The molecule has 0 bridgehead atoms. The van der Waals surface area contributed by atoms with Crippen molar-refractivity contribution in [3.8, 4) is 0 Å². The van der Waals surface area contributed by atoms with Crippen LogP contribution in [0.25, 0.3) is 0 Å². The zero-order chi connectivity index (χ0) is 13.1. The summed E-state index contributed by atoms with van der Waals surface area (Å²) in [5.41, 5.74) is 3.46. The summed E-state index contributed by atoms with van der Waals surface area (Å²) < 4.78 is 5.66. The van der Waals surface area contributed by atoms with Crippen molar-refractivity contribution in [2.45, 2.75) is 45.6 Å². The van der Waals surface area contributed by atoms with Crippen LogP contribution >= 0.6 is 0 Å². The van der Waals surface area contributed by atoms with Crippen LogP contribution in [0.1, 0.15) is 54.6 Å². The van der Waals surface area contributed by atoms with Crippen molar-refractivity contribution in [3.63, 3.8) is 0 Å². The number of aryl methyl sites for hydroxylation is 2. The highest BCUT2D eigenvalue weighted by molar-refractivity contribution is 5.28. The fraction of sp³-hybridized carbons (Fsp3) is 0.714. The van der Waals surface area contributed by atoms with Gasteiger partial charge in [0.15, 0.2) is 5.82 Å². The van der Waals surface area contributed by atoms with Gasteiger partial charge >= 0.3 is 0 Å². The quantitative estimate of drug-likeness (QED) is 0.889. The van der Waals surface area contributed by atoms with Gasteiger partial charge in [0.25, 0.3) is 0 Å². The predicted octanol–water partition coefficient (Wildman–Crippen LogP) is 2.27. The molecule has 0 saturated carbocycles. The minimum atomic E-state index is 0.107. The lowest BCUT2D eigenvalue weighted by molar-refractivity contribution is 0.104. The van der Waals surface area contributed by atoms with Gasteiger partial charge in [0, 0.05) is 24.5 Å². The fourth-order valence-electron chi connectivity index (χ4n) is 2.80. The summed E-state index contributed by atoms with van der Waals surface area (Å²) in [4.78, 5) is 9.31. The molecular formula is C14H23N3O. The summed E-state index contributed by atoms with van der Waals surface area (Å²) in [6.07, 6.45) is 2.27. The van der Waals surface area contributed by atoms with Crippen molar-refractivity contribution < 1.29 is 4.74 Å². The molecular weight excluding hydrogens is 226 g/mol. The van der Waals surface area contributed by atoms with Crippen molar-refractivity contribution >= 4 is 0 Å². The molecule has 0 amide bonds. The number of ether oxygens (including phenoxy) is 1. The molecule has 2 rings (SSSR count). The van der Waals surface area contributed by atoms with Crippen LogP contribution in [0.4, 0.5) is 0 Å². The number of hydrogen-bond acceptors (Lipinski definition) is 4. The van der Waals surface area contributed by atoms with Crippen LogP contribution in [0, 0.1) is 13.8 Å². The van der Waals surface area contributed by atoms with E-state index in [4.69, 9.17) is 4.74 Å². The van der Waals surface area contributed by atoms with E-state index in [9.17, 15) is 0 Å². The van der Waals surface area contributed by atoms with Crippen LogP contribution in [0.5, 0.6) is 0 Å². The van der Waals surface area contributed by atoms with E-state index in [0.717, 1.165) is 43.2 Å². The number of likely N-dealkylation sites (N-methyl/N-ethyl adjacent to an activating group) is 1. The molecule has 4 heteroatoms. The number of hydrogen-bond donors (Lipinski definition) is 1. The molecule has 1 aliphatic heterocycles. The summed E-state index contributed by atoms with van der Waals surface area (Å²) in [7, 11) is 1.97. The summed E-state index contributed by atoms with van der Waals surface area (Å²) in [6.45, 7) is 8.15. The molecule has 1 aliphatic rings. The molecule has 1 aromatic rings. The Morgan fingerprint density at radius 1 is 1.33 bits per heavy atom. The third-order valence-corrected chi connectivity index (χ3v) is 3.56. The Labute approximate surface area is 109 Å². The lowest BCUT2D eigenvalue weighted by Crippen LogP contribution is -2.18. The van der Waals surface area contributed by atoms with Gasteiger partial charge in [-0.3, -0.25) is 0 Å². The van der Waals surface area contributed by atoms with Gasteiger partial charge in [-0.05, 0) is 45.2 Å². The van der Waals surface area contributed by atoms with Gasteiger partial charge in [0.2, 0.25) is 0 Å². The first-order chi connectivity index (χ1) is 8.63. The zero-order valence-corrected chi connectivity index (χ0v) is 11.8. The van der Waals surface area contributed by atoms with Crippen LogP contribution < -0.4 is 5.32 Å². The first kappa shape index (κ1) is 13.4. The Bertz CT molecular complexity index is 390. The molecule has 1 saturated heterocycles. The number of aromatic nitrogens is 2. The number of rotatable bonds is 4. The molecule has 1 N–H and O–H groups in total. The van der Waals surface area contributed by atoms with Crippen LogP contribution in [0.2, 0.25) is 0 Å². The molecule has 18 heavy (non-hydrogen) atoms. The fourth-order valence-corrected chi connectivity index (χ4v) is 2.80. The molecule has 100 valence electrons. The normalized spacial score (nSPS) is 21.2. The molecule has 2 unspecified atom stereocenters. The largest absolute Gasteiger partial charge is 0.370 e. The lowest BCUT2D eigenvalue weighted by atomic mass is 9.98. The average Bonchev–Trinajstić information content (AvgIpc) is 2.81. The molecule has 0 spiro atoms. The lowest BCUT2D eigenvalue weighted by Gasteiger charge is -2.18. The van der Waals surface area contributed by atoms with Crippen molar-refractivity contribution in [3.05, 3.63) is 22.8 Å². The number of nitrogens with zero attached hydrogens (tertiary/aromatic N) is 2. The van der Waals surface area contributed by atoms with E-state index in [1.165, 1.54) is 5.56 Å². The first-order valence-electron chi connectivity index (χ1n) is 6.74. The second-order valence-corrected chi connectivity index (χ2v) is 5.13. The maximum absolute atomic E-state index is 5.66. The third kappa shape index (κ3) is 2.70.